The number of imidazole rings is 1. The minimum atomic E-state index is -0.228. The number of carbonyl (C=O) groups excluding carboxylic acids is 1. The van der Waals surface area contributed by atoms with Crippen molar-refractivity contribution in [1.82, 2.24) is 15.0 Å². The van der Waals surface area contributed by atoms with Crippen LogP contribution in [0.25, 0.3) is 22.6 Å². The molecule has 6 nitrogen and oxygen atoms in total. The van der Waals surface area contributed by atoms with Gasteiger partial charge in [-0.15, -0.1) is 0 Å². The number of nitrogens with zero attached hydrogens (tertiary/aromatic N) is 2. The number of fused-ring (bicyclic) bond motifs is 1. The number of aromatic nitrogens is 3. The number of carbonyl (C=O) groups is 1. The molecule has 1 aromatic carbocycles. The van der Waals surface area contributed by atoms with Gasteiger partial charge in [-0.3, -0.25) is 9.78 Å². The largest absolute Gasteiger partial charge is 0.461 e. The second-order valence-corrected chi connectivity index (χ2v) is 6.06. The van der Waals surface area contributed by atoms with Gasteiger partial charge in [-0.2, -0.15) is 0 Å². The van der Waals surface area contributed by atoms with Gasteiger partial charge in [-0.25, -0.2) is 4.98 Å². The SMILES string of the molecule is O=C(Nc1ccc2nc(-c3ccco3)[nH]c2c1)c1cncc(Br)c1. The Labute approximate surface area is 145 Å². The molecular weight excluding hydrogens is 372 g/mol. The maximum absolute atomic E-state index is 12.3. The molecule has 0 aliphatic carbocycles. The maximum Gasteiger partial charge on any atom is 0.257 e. The Balaban J connectivity index is 1.62. The van der Waals surface area contributed by atoms with Crippen LogP contribution < -0.4 is 5.32 Å². The molecule has 1 amide bonds. The van der Waals surface area contributed by atoms with Crippen molar-refractivity contribution in [3.8, 4) is 11.6 Å². The van der Waals surface area contributed by atoms with Gasteiger partial charge in [0.05, 0.1) is 22.9 Å². The smallest absolute Gasteiger partial charge is 0.257 e. The molecule has 4 rings (SSSR count). The zero-order valence-corrected chi connectivity index (χ0v) is 13.9. The predicted molar refractivity (Wildman–Crippen MR) is 93.7 cm³/mol. The van der Waals surface area contributed by atoms with E-state index in [9.17, 15) is 4.79 Å². The molecule has 2 N–H and O–H groups in total. The van der Waals surface area contributed by atoms with Gasteiger partial charge < -0.3 is 14.7 Å². The van der Waals surface area contributed by atoms with E-state index in [0.29, 0.717) is 22.8 Å². The van der Waals surface area contributed by atoms with E-state index in [1.54, 1.807) is 30.7 Å². The van der Waals surface area contributed by atoms with Crippen LogP contribution in [0, 0.1) is 0 Å². The fourth-order valence-corrected chi connectivity index (χ4v) is 2.72. The second-order valence-electron chi connectivity index (χ2n) is 5.14. The van der Waals surface area contributed by atoms with E-state index in [4.69, 9.17) is 4.42 Å². The second kappa shape index (κ2) is 5.93. The first kappa shape index (κ1) is 14.6. The number of aromatic amines is 1. The molecule has 0 bridgehead atoms. The molecule has 4 aromatic rings. The van der Waals surface area contributed by atoms with Crippen LogP contribution in [0.1, 0.15) is 10.4 Å². The van der Waals surface area contributed by atoms with Crippen LogP contribution in [0.15, 0.2) is 63.9 Å². The molecule has 0 saturated carbocycles. The monoisotopic (exact) mass is 382 g/mol. The van der Waals surface area contributed by atoms with Crippen LogP contribution in [0.4, 0.5) is 5.69 Å². The third-order valence-electron chi connectivity index (χ3n) is 3.46. The highest BCUT2D eigenvalue weighted by atomic mass is 79.9. The van der Waals surface area contributed by atoms with E-state index in [2.05, 4.69) is 36.2 Å². The molecule has 0 fully saturated rings. The van der Waals surface area contributed by atoms with Crippen LogP contribution in [-0.2, 0) is 0 Å². The van der Waals surface area contributed by atoms with Crippen LogP contribution >= 0.6 is 15.9 Å². The topological polar surface area (TPSA) is 83.8 Å². The number of amides is 1. The molecule has 0 atom stereocenters. The summed E-state index contributed by atoms with van der Waals surface area (Å²) in [6.45, 7) is 0. The third kappa shape index (κ3) is 2.81. The van der Waals surface area contributed by atoms with E-state index >= 15 is 0 Å². The summed E-state index contributed by atoms with van der Waals surface area (Å²) in [5.41, 5.74) is 2.75. The Morgan fingerprint density at radius 2 is 2.12 bits per heavy atom. The zero-order chi connectivity index (χ0) is 16.5. The summed E-state index contributed by atoms with van der Waals surface area (Å²) >= 11 is 3.31. The van der Waals surface area contributed by atoms with Crippen LogP contribution in [0.2, 0.25) is 0 Å². The number of hydrogen-bond acceptors (Lipinski definition) is 4. The number of nitrogens with one attached hydrogen (secondary N) is 2. The summed E-state index contributed by atoms with van der Waals surface area (Å²) in [6.07, 6.45) is 4.74. The molecule has 0 unspecified atom stereocenters. The lowest BCUT2D eigenvalue weighted by Crippen LogP contribution is -2.12. The Kier molecular flexibility index (Phi) is 3.62. The van der Waals surface area contributed by atoms with E-state index in [-0.39, 0.29) is 5.91 Å². The van der Waals surface area contributed by atoms with E-state index < -0.39 is 0 Å². The molecule has 0 aliphatic heterocycles. The van der Waals surface area contributed by atoms with Crippen LogP contribution in [0.5, 0.6) is 0 Å². The Hall–Kier alpha value is -2.93. The average Bonchev–Trinajstić information content (AvgIpc) is 3.23. The normalized spacial score (nSPS) is 10.9. The number of rotatable bonds is 3. The quantitative estimate of drug-likeness (QED) is 0.555. The van der Waals surface area contributed by atoms with Crippen molar-refractivity contribution < 1.29 is 9.21 Å². The van der Waals surface area contributed by atoms with Crippen molar-refractivity contribution in [2.24, 2.45) is 0 Å². The van der Waals surface area contributed by atoms with Crippen LogP contribution in [-0.4, -0.2) is 20.9 Å². The van der Waals surface area contributed by atoms with Gasteiger partial charge in [-0.1, -0.05) is 0 Å². The van der Waals surface area contributed by atoms with Gasteiger partial charge in [0.15, 0.2) is 11.6 Å². The summed E-state index contributed by atoms with van der Waals surface area (Å²) in [7, 11) is 0. The van der Waals surface area contributed by atoms with Crippen molar-refractivity contribution in [3.05, 3.63) is 65.1 Å². The molecule has 3 heterocycles. The first-order chi connectivity index (χ1) is 11.7. The van der Waals surface area contributed by atoms with Crippen molar-refractivity contribution in [3.63, 3.8) is 0 Å². The summed E-state index contributed by atoms with van der Waals surface area (Å²) < 4.78 is 6.09. The Morgan fingerprint density at radius 3 is 2.92 bits per heavy atom. The Bertz CT molecular complexity index is 1020. The van der Waals surface area contributed by atoms with Gasteiger partial charge in [0.25, 0.3) is 5.91 Å². The van der Waals surface area contributed by atoms with Crippen LogP contribution in [0.3, 0.4) is 0 Å². The molecule has 0 aliphatic rings. The minimum absolute atomic E-state index is 0.228. The number of furan rings is 1. The van der Waals surface area contributed by atoms with Gasteiger partial charge in [0.1, 0.15) is 0 Å². The first-order valence-electron chi connectivity index (χ1n) is 7.14. The molecule has 24 heavy (non-hydrogen) atoms. The number of H-pyrrole nitrogens is 1. The number of pyridine rings is 1. The third-order valence-corrected chi connectivity index (χ3v) is 3.90. The number of anilines is 1. The van der Waals surface area contributed by atoms with Crippen molar-refractivity contribution in [2.75, 3.05) is 5.32 Å². The molecule has 7 heteroatoms. The van der Waals surface area contributed by atoms with Crippen molar-refractivity contribution in [2.45, 2.75) is 0 Å². The number of halogens is 1. The molecule has 118 valence electrons. The van der Waals surface area contributed by atoms with Gasteiger partial charge >= 0.3 is 0 Å². The highest BCUT2D eigenvalue weighted by Crippen LogP contribution is 2.23. The van der Waals surface area contributed by atoms with E-state index in [0.717, 1.165) is 15.5 Å². The fourth-order valence-electron chi connectivity index (χ4n) is 2.36. The number of benzene rings is 1. The highest BCUT2D eigenvalue weighted by molar-refractivity contribution is 9.10. The van der Waals surface area contributed by atoms with Crippen molar-refractivity contribution >= 4 is 38.6 Å². The Morgan fingerprint density at radius 1 is 1.21 bits per heavy atom. The highest BCUT2D eigenvalue weighted by Gasteiger charge is 2.10. The summed E-state index contributed by atoms with van der Waals surface area (Å²) in [4.78, 5) is 23.9. The van der Waals surface area contributed by atoms with E-state index in [1.807, 2.05) is 18.2 Å². The lowest BCUT2D eigenvalue weighted by molar-refractivity contribution is 0.102. The minimum Gasteiger partial charge on any atom is -0.461 e. The maximum atomic E-state index is 12.3. The molecule has 0 radical (unpaired) electrons. The molecule has 0 saturated heterocycles. The zero-order valence-electron chi connectivity index (χ0n) is 12.3. The lowest BCUT2D eigenvalue weighted by atomic mass is 10.2. The predicted octanol–water partition coefficient (Wildman–Crippen LogP) is 4.23. The average molecular weight is 383 g/mol. The lowest BCUT2D eigenvalue weighted by Gasteiger charge is -2.05. The fraction of sp³-hybridized carbons (Fsp3) is 0. The summed E-state index contributed by atoms with van der Waals surface area (Å²) in [5.74, 6) is 1.08. The molecule has 3 aromatic heterocycles. The van der Waals surface area contributed by atoms with Gasteiger partial charge in [-0.05, 0) is 52.3 Å². The first-order valence-corrected chi connectivity index (χ1v) is 7.94. The standard InChI is InChI=1S/C17H11BrN4O2/c18-11-6-10(8-19-9-11)17(23)20-12-3-4-13-14(7-12)22-16(21-13)15-2-1-5-24-15/h1-9H,(H,20,23)(H,21,22). The molecular formula is C17H11BrN4O2. The van der Waals surface area contributed by atoms with Gasteiger partial charge in [0, 0.05) is 22.6 Å². The van der Waals surface area contributed by atoms with Crippen molar-refractivity contribution in [1.29, 1.82) is 0 Å². The summed E-state index contributed by atoms with van der Waals surface area (Å²) in [5, 5.41) is 2.85. The van der Waals surface area contributed by atoms with Gasteiger partial charge in [0.2, 0.25) is 0 Å². The van der Waals surface area contributed by atoms with E-state index in [1.165, 1.54) is 6.20 Å². The molecule has 0 spiro atoms. The number of hydrogen-bond donors (Lipinski definition) is 2. The summed E-state index contributed by atoms with van der Waals surface area (Å²) in [6, 6.07) is 10.8.